The van der Waals surface area contributed by atoms with E-state index in [9.17, 15) is 0 Å². The summed E-state index contributed by atoms with van der Waals surface area (Å²) >= 11 is 7.49. The zero-order valence-electron chi connectivity index (χ0n) is 10.9. The van der Waals surface area contributed by atoms with E-state index >= 15 is 0 Å². The van der Waals surface area contributed by atoms with Crippen molar-refractivity contribution in [2.75, 3.05) is 18.0 Å². The number of hydrogen-bond donors (Lipinski definition) is 0. The summed E-state index contributed by atoms with van der Waals surface area (Å²) in [6.45, 7) is 1.97. The van der Waals surface area contributed by atoms with E-state index in [0.29, 0.717) is 11.1 Å². The van der Waals surface area contributed by atoms with Crippen molar-refractivity contribution in [1.29, 1.82) is 0 Å². The third kappa shape index (κ3) is 3.37. The minimum atomic E-state index is 0.247. The molecule has 1 aliphatic rings. The summed E-state index contributed by atoms with van der Waals surface area (Å²) in [5.41, 5.74) is 0. The Hall–Kier alpha value is -1.40. The van der Waals surface area contributed by atoms with Crippen LogP contribution in [-0.4, -0.2) is 33.0 Å². The highest BCUT2D eigenvalue weighted by Crippen LogP contribution is 2.26. The van der Waals surface area contributed by atoms with Gasteiger partial charge in [0.25, 0.3) is 0 Å². The lowest BCUT2D eigenvalue weighted by atomic mass is 10.1. The van der Waals surface area contributed by atoms with E-state index in [1.165, 1.54) is 31.0 Å². The van der Waals surface area contributed by atoms with E-state index in [4.69, 9.17) is 11.6 Å². The Labute approximate surface area is 126 Å². The highest BCUT2D eigenvalue weighted by Gasteiger charge is 2.16. The average molecular weight is 308 g/mol. The molecule has 0 aromatic carbocycles. The second kappa shape index (κ2) is 6.37. The third-order valence-corrected chi connectivity index (χ3v) is 4.12. The third-order valence-electron chi connectivity index (χ3n) is 3.07. The molecule has 1 saturated heterocycles. The van der Waals surface area contributed by atoms with Crippen molar-refractivity contribution in [1.82, 2.24) is 19.9 Å². The summed E-state index contributed by atoms with van der Waals surface area (Å²) in [5.74, 6) is 0.682. The van der Waals surface area contributed by atoms with Gasteiger partial charge in [0.2, 0.25) is 11.2 Å². The van der Waals surface area contributed by atoms with Crippen molar-refractivity contribution in [3.05, 3.63) is 29.8 Å². The molecule has 5 nitrogen and oxygen atoms in total. The summed E-state index contributed by atoms with van der Waals surface area (Å²) in [5, 5.41) is 0.869. The predicted octanol–water partition coefficient (Wildman–Crippen LogP) is 3.06. The van der Waals surface area contributed by atoms with Gasteiger partial charge in [0.05, 0.1) is 0 Å². The Morgan fingerprint density at radius 1 is 1.00 bits per heavy atom. The molecule has 0 unspecified atom stereocenters. The number of nitrogens with zero attached hydrogens (tertiary/aromatic N) is 5. The first kappa shape index (κ1) is 13.6. The van der Waals surface area contributed by atoms with Gasteiger partial charge in [0.1, 0.15) is 0 Å². The van der Waals surface area contributed by atoms with Crippen LogP contribution in [-0.2, 0) is 0 Å². The first-order valence-electron chi connectivity index (χ1n) is 6.56. The quantitative estimate of drug-likeness (QED) is 0.868. The van der Waals surface area contributed by atoms with Gasteiger partial charge in [0, 0.05) is 30.4 Å². The van der Waals surface area contributed by atoms with Crippen LogP contribution in [0.5, 0.6) is 0 Å². The highest BCUT2D eigenvalue weighted by atomic mass is 35.5. The van der Waals surface area contributed by atoms with Gasteiger partial charge in [0.15, 0.2) is 5.16 Å². The maximum atomic E-state index is 6.02. The Balaban J connectivity index is 1.82. The molecule has 0 bridgehead atoms. The minimum absolute atomic E-state index is 0.247. The molecule has 2 aromatic heterocycles. The Kier molecular flexibility index (Phi) is 4.32. The molecule has 1 aliphatic heterocycles. The topological polar surface area (TPSA) is 54.8 Å². The molecule has 0 N–H and O–H groups in total. The van der Waals surface area contributed by atoms with E-state index in [1.807, 2.05) is 12.1 Å². The Morgan fingerprint density at radius 2 is 1.75 bits per heavy atom. The molecule has 0 aliphatic carbocycles. The molecule has 7 heteroatoms. The minimum Gasteiger partial charge on any atom is -0.341 e. The molecule has 0 radical (unpaired) electrons. The second-order valence-electron chi connectivity index (χ2n) is 4.52. The highest BCUT2D eigenvalue weighted by molar-refractivity contribution is 7.99. The summed E-state index contributed by atoms with van der Waals surface area (Å²) in [6, 6.07) is 3.84. The van der Waals surface area contributed by atoms with Crippen LogP contribution < -0.4 is 4.90 Å². The molecule has 0 atom stereocenters. The van der Waals surface area contributed by atoms with Crippen molar-refractivity contribution in [2.45, 2.75) is 29.3 Å². The van der Waals surface area contributed by atoms with Gasteiger partial charge in [-0.2, -0.15) is 15.0 Å². The van der Waals surface area contributed by atoms with Gasteiger partial charge < -0.3 is 4.90 Å². The van der Waals surface area contributed by atoms with E-state index in [1.54, 1.807) is 12.4 Å². The molecular formula is C13H14ClN5S. The van der Waals surface area contributed by atoms with Crippen LogP contribution in [0.3, 0.4) is 0 Å². The lowest BCUT2D eigenvalue weighted by Crippen LogP contribution is -2.31. The van der Waals surface area contributed by atoms with E-state index in [0.717, 1.165) is 18.0 Å². The number of anilines is 1. The number of aromatic nitrogens is 4. The number of hydrogen-bond acceptors (Lipinski definition) is 6. The number of pyridine rings is 1. The smallest absolute Gasteiger partial charge is 0.230 e. The van der Waals surface area contributed by atoms with Gasteiger partial charge in [-0.25, -0.2) is 0 Å². The standard InChI is InChI=1S/C13H14ClN5S/c14-11-16-12(19-8-2-1-3-9-19)18-13(17-11)20-10-4-6-15-7-5-10/h4-7H,1-3,8-9H2. The van der Waals surface area contributed by atoms with Crippen LogP contribution in [0.1, 0.15) is 19.3 Å². The normalized spacial score (nSPS) is 15.3. The van der Waals surface area contributed by atoms with Crippen LogP contribution in [0.15, 0.2) is 34.6 Å². The zero-order chi connectivity index (χ0) is 13.8. The molecule has 0 amide bonds. The van der Waals surface area contributed by atoms with Crippen molar-refractivity contribution in [3.63, 3.8) is 0 Å². The Morgan fingerprint density at radius 3 is 2.50 bits per heavy atom. The van der Waals surface area contributed by atoms with Gasteiger partial charge >= 0.3 is 0 Å². The maximum Gasteiger partial charge on any atom is 0.230 e. The molecule has 20 heavy (non-hydrogen) atoms. The molecular weight excluding hydrogens is 294 g/mol. The fourth-order valence-corrected chi connectivity index (χ4v) is 3.05. The lowest BCUT2D eigenvalue weighted by molar-refractivity contribution is 0.564. The largest absolute Gasteiger partial charge is 0.341 e. The van der Waals surface area contributed by atoms with Crippen molar-refractivity contribution >= 4 is 29.3 Å². The van der Waals surface area contributed by atoms with E-state index in [-0.39, 0.29) is 5.28 Å². The van der Waals surface area contributed by atoms with Crippen molar-refractivity contribution < 1.29 is 0 Å². The SMILES string of the molecule is Clc1nc(Sc2ccncc2)nc(N2CCCCC2)n1. The summed E-state index contributed by atoms with van der Waals surface area (Å²) < 4.78 is 0. The van der Waals surface area contributed by atoms with Gasteiger partial charge in [-0.15, -0.1) is 0 Å². The second-order valence-corrected chi connectivity index (χ2v) is 5.90. The number of rotatable bonds is 3. The fourth-order valence-electron chi connectivity index (χ4n) is 2.11. The van der Waals surface area contributed by atoms with E-state index in [2.05, 4.69) is 24.8 Å². The average Bonchev–Trinajstić information content (AvgIpc) is 2.49. The maximum absolute atomic E-state index is 6.02. The summed E-state index contributed by atoms with van der Waals surface area (Å²) in [7, 11) is 0. The lowest BCUT2D eigenvalue weighted by Gasteiger charge is -2.26. The summed E-state index contributed by atoms with van der Waals surface area (Å²) in [6.07, 6.45) is 7.12. The van der Waals surface area contributed by atoms with Gasteiger partial charge in [-0.05, 0) is 54.8 Å². The molecule has 0 spiro atoms. The molecule has 2 aromatic rings. The zero-order valence-corrected chi connectivity index (χ0v) is 12.4. The molecule has 104 valence electrons. The van der Waals surface area contributed by atoms with Crippen LogP contribution in [0.25, 0.3) is 0 Å². The van der Waals surface area contributed by atoms with Crippen LogP contribution >= 0.6 is 23.4 Å². The number of piperidine rings is 1. The van der Waals surface area contributed by atoms with Crippen LogP contribution in [0.2, 0.25) is 5.28 Å². The number of halogens is 1. The predicted molar refractivity (Wildman–Crippen MR) is 79.3 cm³/mol. The van der Waals surface area contributed by atoms with Crippen LogP contribution in [0, 0.1) is 0 Å². The Bertz CT molecular complexity index is 574. The van der Waals surface area contributed by atoms with Crippen LogP contribution in [0.4, 0.5) is 5.95 Å². The van der Waals surface area contributed by atoms with Crippen molar-refractivity contribution in [3.8, 4) is 0 Å². The monoisotopic (exact) mass is 307 g/mol. The molecule has 1 fully saturated rings. The molecule has 3 heterocycles. The fraction of sp³-hybridized carbons (Fsp3) is 0.385. The van der Waals surface area contributed by atoms with Gasteiger partial charge in [-0.3, -0.25) is 4.98 Å². The van der Waals surface area contributed by atoms with Crippen molar-refractivity contribution in [2.24, 2.45) is 0 Å². The van der Waals surface area contributed by atoms with E-state index < -0.39 is 0 Å². The van der Waals surface area contributed by atoms with Gasteiger partial charge in [-0.1, -0.05) is 0 Å². The summed E-state index contributed by atoms with van der Waals surface area (Å²) in [4.78, 5) is 20.1. The first-order valence-corrected chi connectivity index (χ1v) is 7.75. The first-order chi connectivity index (χ1) is 9.81. The molecule has 0 saturated carbocycles. The molecule has 3 rings (SSSR count).